The van der Waals surface area contributed by atoms with Crippen molar-refractivity contribution >= 4 is 31.9 Å². The normalized spacial score (nSPS) is 10.1. The van der Waals surface area contributed by atoms with Crippen LogP contribution in [0.5, 0.6) is 0 Å². The molecule has 0 atom stereocenters. The van der Waals surface area contributed by atoms with E-state index in [-0.39, 0.29) is 0 Å². The first-order chi connectivity index (χ1) is 6.77. The molecule has 0 aliphatic rings. The molecule has 1 aromatic carbocycles. The summed E-state index contributed by atoms with van der Waals surface area (Å²) in [6, 6.07) is 9.87. The number of halogens is 2. The van der Waals surface area contributed by atoms with Crippen LogP contribution in [-0.2, 0) is 0 Å². The highest BCUT2D eigenvalue weighted by molar-refractivity contribution is 9.13. The molecular formula is C10H6Br2N2. The van der Waals surface area contributed by atoms with E-state index in [1.165, 1.54) is 0 Å². The van der Waals surface area contributed by atoms with Gasteiger partial charge in [-0.05, 0) is 31.9 Å². The van der Waals surface area contributed by atoms with E-state index in [0.717, 1.165) is 20.5 Å². The molecule has 4 heteroatoms. The van der Waals surface area contributed by atoms with E-state index in [4.69, 9.17) is 0 Å². The van der Waals surface area contributed by atoms with Gasteiger partial charge in [-0.3, -0.25) is 0 Å². The van der Waals surface area contributed by atoms with Gasteiger partial charge in [0.05, 0.1) is 4.47 Å². The van der Waals surface area contributed by atoms with Gasteiger partial charge in [0.25, 0.3) is 0 Å². The highest BCUT2D eigenvalue weighted by Crippen LogP contribution is 2.22. The van der Waals surface area contributed by atoms with Gasteiger partial charge in [0.15, 0.2) is 5.82 Å². The molecule has 2 nitrogen and oxygen atoms in total. The summed E-state index contributed by atoms with van der Waals surface area (Å²) < 4.78 is 1.63. The van der Waals surface area contributed by atoms with Crippen molar-refractivity contribution < 1.29 is 0 Å². The van der Waals surface area contributed by atoms with E-state index < -0.39 is 0 Å². The van der Waals surface area contributed by atoms with Gasteiger partial charge < -0.3 is 0 Å². The summed E-state index contributed by atoms with van der Waals surface area (Å²) in [6.07, 6.45) is 1.74. The Kier molecular flexibility index (Phi) is 2.93. The first-order valence-electron chi connectivity index (χ1n) is 4.01. The summed E-state index contributed by atoms with van der Waals surface area (Å²) >= 11 is 6.68. The quantitative estimate of drug-likeness (QED) is 0.751. The summed E-state index contributed by atoms with van der Waals surface area (Å²) in [5.74, 6) is 0.723. The number of rotatable bonds is 1. The van der Waals surface area contributed by atoms with Gasteiger partial charge in [0.1, 0.15) is 4.60 Å². The standard InChI is InChI=1S/C10H6Br2N2/c11-8-6-13-10(14-9(8)12)7-4-2-1-3-5-7/h1-6H. The van der Waals surface area contributed by atoms with E-state index in [1.54, 1.807) is 6.20 Å². The summed E-state index contributed by atoms with van der Waals surface area (Å²) in [6.45, 7) is 0. The van der Waals surface area contributed by atoms with Crippen LogP contribution in [0.15, 0.2) is 45.6 Å². The van der Waals surface area contributed by atoms with Crippen LogP contribution in [0.25, 0.3) is 11.4 Å². The Labute approximate surface area is 98.7 Å². The molecule has 2 rings (SSSR count). The van der Waals surface area contributed by atoms with Crippen LogP contribution in [0.2, 0.25) is 0 Å². The monoisotopic (exact) mass is 312 g/mol. The predicted octanol–water partition coefficient (Wildman–Crippen LogP) is 3.67. The van der Waals surface area contributed by atoms with Crippen LogP contribution < -0.4 is 0 Å². The van der Waals surface area contributed by atoms with Crippen LogP contribution in [0.1, 0.15) is 0 Å². The second kappa shape index (κ2) is 4.19. The number of benzene rings is 1. The lowest BCUT2D eigenvalue weighted by atomic mass is 10.2. The highest BCUT2D eigenvalue weighted by atomic mass is 79.9. The van der Waals surface area contributed by atoms with Gasteiger partial charge in [-0.2, -0.15) is 0 Å². The molecule has 0 aliphatic carbocycles. The molecule has 1 heterocycles. The summed E-state index contributed by atoms with van der Waals surface area (Å²) in [7, 11) is 0. The number of aromatic nitrogens is 2. The molecule has 1 aromatic heterocycles. The van der Waals surface area contributed by atoms with E-state index in [0.29, 0.717) is 0 Å². The Hall–Kier alpha value is -0.740. The summed E-state index contributed by atoms with van der Waals surface area (Å²) in [5.41, 5.74) is 1.01. The van der Waals surface area contributed by atoms with Gasteiger partial charge in [-0.1, -0.05) is 30.3 Å². The fourth-order valence-corrected chi connectivity index (χ4v) is 1.53. The maximum atomic E-state index is 4.30. The van der Waals surface area contributed by atoms with Crippen LogP contribution in [-0.4, -0.2) is 9.97 Å². The van der Waals surface area contributed by atoms with Crippen LogP contribution in [0.3, 0.4) is 0 Å². The zero-order valence-electron chi connectivity index (χ0n) is 7.11. The average Bonchev–Trinajstić information content (AvgIpc) is 2.23. The van der Waals surface area contributed by atoms with Gasteiger partial charge in [0, 0.05) is 11.8 Å². The molecular weight excluding hydrogens is 308 g/mol. The lowest BCUT2D eigenvalue weighted by molar-refractivity contribution is 1.13. The van der Waals surface area contributed by atoms with E-state index in [1.807, 2.05) is 30.3 Å². The Morgan fingerprint density at radius 2 is 1.71 bits per heavy atom. The van der Waals surface area contributed by atoms with Crippen molar-refractivity contribution in [2.45, 2.75) is 0 Å². The van der Waals surface area contributed by atoms with Crippen molar-refractivity contribution in [1.82, 2.24) is 9.97 Å². The van der Waals surface area contributed by atoms with Crippen molar-refractivity contribution in [3.63, 3.8) is 0 Å². The van der Waals surface area contributed by atoms with E-state index >= 15 is 0 Å². The third-order valence-electron chi connectivity index (χ3n) is 1.73. The number of nitrogens with zero attached hydrogens (tertiary/aromatic N) is 2. The maximum Gasteiger partial charge on any atom is 0.160 e. The second-order valence-corrected chi connectivity index (χ2v) is 4.30. The predicted molar refractivity (Wildman–Crippen MR) is 62.9 cm³/mol. The van der Waals surface area contributed by atoms with E-state index in [9.17, 15) is 0 Å². The summed E-state index contributed by atoms with van der Waals surface area (Å²) in [4.78, 5) is 8.52. The zero-order chi connectivity index (χ0) is 9.97. The molecule has 0 unspecified atom stereocenters. The van der Waals surface area contributed by atoms with E-state index in [2.05, 4.69) is 41.8 Å². The Morgan fingerprint density at radius 1 is 1.00 bits per heavy atom. The lowest BCUT2D eigenvalue weighted by Crippen LogP contribution is -1.89. The highest BCUT2D eigenvalue weighted by Gasteiger charge is 2.03. The van der Waals surface area contributed by atoms with Crippen molar-refractivity contribution in [3.05, 3.63) is 45.6 Å². The van der Waals surface area contributed by atoms with Crippen LogP contribution >= 0.6 is 31.9 Å². The first-order valence-corrected chi connectivity index (χ1v) is 5.59. The Bertz CT molecular complexity index is 443. The zero-order valence-corrected chi connectivity index (χ0v) is 10.3. The van der Waals surface area contributed by atoms with Gasteiger partial charge >= 0.3 is 0 Å². The second-order valence-electron chi connectivity index (χ2n) is 2.70. The molecule has 0 aliphatic heterocycles. The topological polar surface area (TPSA) is 25.8 Å². The van der Waals surface area contributed by atoms with Crippen molar-refractivity contribution in [2.75, 3.05) is 0 Å². The molecule has 70 valence electrons. The molecule has 2 aromatic rings. The molecule has 0 N–H and O–H groups in total. The molecule has 14 heavy (non-hydrogen) atoms. The molecule has 0 fully saturated rings. The minimum atomic E-state index is 0.723. The van der Waals surface area contributed by atoms with Gasteiger partial charge in [-0.25, -0.2) is 9.97 Å². The maximum absolute atomic E-state index is 4.30. The van der Waals surface area contributed by atoms with Crippen molar-refractivity contribution in [3.8, 4) is 11.4 Å². The fraction of sp³-hybridized carbons (Fsp3) is 0. The van der Waals surface area contributed by atoms with Crippen LogP contribution in [0.4, 0.5) is 0 Å². The minimum absolute atomic E-state index is 0.723. The molecule has 0 bridgehead atoms. The smallest absolute Gasteiger partial charge is 0.160 e. The third-order valence-corrected chi connectivity index (χ3v) is 3.45. The molecule has 0 saturated carbocycles. The minimum Gasteiger partial charge on any atom is -0.235 e. The Balaban J connectivity index is 2.48. The summed E-state index contributed by atoms with van der Waals surface area (Å²) in [5, 5.41) is 0. The number of hydrogen-bond acceptors (Lipinski definition) is 2. The SMILES string of the molecule is Brc1cnc(-c2ccccc2)nc1Br. The van der Waals surface area contributed by atoms with Crippen LogP contribution in [0, 0.1) is 0 Å². The molecule has 0 radical (unpaired) electrons. The molecule has 0 spiro atoms. The lowest BCUT2D eigenvalue weighted by Gasteiger charge is -2.00. The van der Waals surface area contributed by atoms with Gasteiger partial charge in [-0.15, -0.1) is 0 Å². The molecule has 0 amide bonds. The molecule has 0 saturated heterocycles. The third kappa shape index (κ3) is 2.01. The average molecular weight is 314 g/mol. The largest absolute Gasteiger partial charge is 0.235 e. The van der Waals surface area contributed by atoms with Gasteiger partial charge in [0.2, 0.25) is 0 Å². The Morgan fingerprint density at radius 3 is 2.36 bits per heavy atom. The van der Waals surface area contributed by atoms with Crippen molar-refractivity contribution in [1.29, 1.82) is 0 Å². The first kappa shape index (κ1) is 9.80. The number of hydrogen-bond donors (Lipinski definition) is 0. The van der Waals surface area contributed by atoms with Crippen molar-refractivity contribution in [2.24, 2.45) is 0 Å². The fourth-order valence-electron chi connectivity index (χ4n) is 1.07.